The first kappa shape index (κ1) is 6.31. The molecule has 0 aromatic rings. The van der Waals surface area contributed by atoms with Gasteiger partial charge in [0.25, 0.3) is 0 Å². The predicted molar refractivity (Wildman–Crippen MR) is 33.0 cm³/mol. The summed E-state index contributed by atoms with van der Waals surface area (Å²) in [4.78, 5) is 10.9. The van der Waals surface area contributed by atoms with Crippen LogP contribution in [0.1, 0.15) is 26.2 Å². The molecule has 0 amide bonds. The molecule has 1 fully saturated rings. The number of hydrogen-bond donors (Lipinski definition) is 0. The Bertz CT molecular complexity index is 118. The van der Waals surface area contributed by atoms with Gasteiger partial charge in [-0.05, 0) is 0 Å². The van der Waals surface area contributed by atoms with Crippen molar-refractivity contribution in [1.29, 1.82) is 0 Å². The van der Waals surface area contributed by atoms with Gasteiger partial charge >= 0.3 is 57.1 Å². The summed E-state index contributed by atoms with van der Waals surface area (Å²) >= 11 is 2.92. The van der Waals surface area contributed by atoms with Gasteiger partial charge in [-0.2, -0.15) is 0 Å². The Balaban J connectivity index is 2.68. The molecule has 1 saturated carbocycles. The van der Waals surface area contributed by atoms with Gasteiger partial charge in [0.05, 0.1) is 0 Å². The average molecular weight is 176 g/mol. The summed E-state index contributed by atoms with van der Waals surface area (Å²) in [6, 6.07) is 0. The molecule has 0 spiro atoms. The van der Waals surface area contributed by atoms with E-state index in [1.165, 1.54) is 0 Å². The van der Waals surface area contributed by atoms with Crippen molar-refractivity contribution in [3.8, 4) is 0 Å². The molecule has 0 saturated heterocycles. The molecule has 1 nitrogen and oxygen atoms in total. The second-order valence-corrected chi connectivity index (χ2v) is 4.40. The first-order valence-electron chi connectivity index (χ1n) is 2.87. The molecule has 0 aromatic carbocycles. The van der Waals surface area contributed by atoms with Crippen LogP contribution < -0.4 is 0 Å². The van der Waals surface area contributed by atoms with E-state index in [0.717, 1.165) is 19.3 Å². The van der Waals surface area contributed by atoms with Gasteiger partial charge in [0.1, 0.15) is 0 Å². The van der Waals surface area contributed by atoms with Crippen LogP contribution in [0.5, 0.6) is 0 Å². The average Bonchev–Trinajstić information content (AvgIpc) is 1.86. The zero-order chi connectivity index (χ0) is 6.20. The summed E-state index contributed by atoms with van der Waals surface area (Å²) in [7, 11) is 0. The molecular formula is C6H9OSe. The summed E-state index contributed by atoms with van der Waals surface area (Å²) < 4.78 is -0.111. The quantitative estimate of drug-likeness (QED) is 0.505. The Morgan fingerprint density at radius 2 is 2.38 bits per heavy atom. The number of carbonyl (C=O) groups is 1. The van der Waals surface area contributed by atoms with Crippen LogP contribution in [0, 0.1) is 0 Å². The van der Waals surface area contributed by atoms with Crippen molar-refractivity contribution in [2.75, 3.05) is 0 Å². The van der Waals surface area contributed by atoms with Crippen LogP contribution in [0.2, 0.25) is 4.31 Å². The van der Waals surface area contributed by atoms with E-state index in [-0.39, 0.29) is 4.31 Å². The van der Waals surface area contributed by atoms with Gasteiger partial charge < -0.3 is 0 Å². The third-order valence-corrected chi connectivity index (χ3v) is 2.55. The van der Waals surface area contributed by atoms with Crippen LogP contribution in [-0.4, -0.2) is 21.8 Å². The Morgan fingerprint density at radius 1 is 1.75 bits per heavy atom. The number of rotatable bonds is 0. The molecule has 0 aromatic heterocycles. The molecule has 1 atom stereocenters. The van der Waals surface area contributed by atoms with Crippen LogP contribution in [0.4, 0.5) is 0 Å². The molecule has 1 unspecified atom stereocenters. The number of hydrogen-bond acceptors (Lipinski definition) is 1. The van der Waals surface area contributed by atoms with Gasteiger partial charge in [-0.25, -0.2) is 0 Å². The van der Waals surface area contributed by atoms with Gasteiger partial charge in [0, 0.05) is 0 Å². The molecule has 0 heterocycles. The van der Waals surface area contributed by atoms with Gasteiger partial charge in [0.15, 0.2) is 0 Å². The standard InChI is InChI=1S/C6H9OSe/c1-6(8)4-2-3-5(6)7/h2-4H2,1H3. The van der Waals surface area contributed by atoms with E-state index >= 15 is 0 Å². The fourth-order valence-corrected chi connectivity index (χ4v) is 1.51. The number of ketones is 1. The maximum absolute atomic E-state index is 10.9. The molecule has 1 rings (SSSR count). The molecule has 1 aliphatic rings. The van der Waals surface area contributed by atoms with Crippen LogP contribution in [0.3, 0.4) is 0 Å². The summed E-state index contributed by atoms with van der Waals surface area (Å²) in [5.41, 5.74) is 0. The first-order chi connectivity index (χ1) is 3.63. The fraction of sp³-hybridized carbons (Fsp3) is 0.833. The zero-order valence-corrected chi connectivity index (χ0v) is 6.65. The van der Waals surface area contributed by atoms with Crippen molar-refractivity contribution in [2.45, 2.75) is 30.5 Å². The topological polar surface area (TPSA) is 17.1 Å². The molecule has 1 aliphatic carbocycles. The Morgan fingerprint density at radius 3 is 2.50 bits per heavy atom. The van der Waals surface area contributed by atoms with E-state index in [1.807, 2.05) is 6.92 Å². The Hall–Kier alpha value is 0.189. The second kappa shape index (κ2) is 1.85. The van der Waals surface area contributed by atoms with Crippen molar-refractivity contribution < 1.29 is 4.79 Å². The molecule has 1 radical (unpaired) electrons. The SMILES string of the molecule is CC1([Se])CCCC1=O. The summed E-state index contributed by atoms with van der Waals surface area (Å²) in [6.07, 6.45) is 2.89. The Kier molecular flexibility index (Phi) is 1.46. The van der Waals surface area contributed by atoms with E-state index in [9.17, 15) is 4.79 Å². The van der Waals surface area contributed by atoms with Gasteiger partial charge in [-0.3, -0.25) is 0 Å². The molecule has 0 aliphatic heterocycles. The first-order valence-corrected chi connectivity index (χ1v) is 3.72. The second-order valence-electron chi connectivity index (χ2n) is 2.51. The van der Waals surface area contributed by atoms with Crippen molar-refractivity contribution in [1.82, 2.24) is 0 Å². The van der Waals surface area contributed by atoms with Crippen LogP contribution >= 0.6 is 0 Å². The van der Waals surface area contributed by atoms with Crippen LogP contribution in [0.15, 0.2) is 0 Å². The molecule has 45 valence electrons. The zero-order valence-electron chi connectivity index (χ0n) is 4.94. The monoisotopic (exact) mass is 177 g/mol. The molecule has 0 bridgehead atoms. The minimum atomic E-state index is -0.111. The van der Waals surface area contributed by atoms with Crippen molar-refractivity contribution >= 4 is 21.8 Å². The molecule has 2 heteroatoms. The molecule has 0 N–H and O–H groups in total. The van der Waals surface area contributed by atoms with E-state index in [1.54, 1.807) is 0 Å². The summed E-state index contributed by atoms with van der Waals surface area (Å²) in [5.74, 6) is 0.387. The Labute approximate surface area is 57.7 Å². The van der Waals surface area contributed by atoms with Crippen molar-refractivity contribution in [2.24, 2.45) is 0 Å². The van der Waals surface area contributed by atoms with Gasteiger partial charge in [-0.15, -0.1) is 0 Å². The van der Waals surface area contributed by atoms with Crippen LogP contribution in [0.25, 0.3) is 0 Å². The number of carbonyl (C=O) groups excluding carboxylic acids is 1. The van der Waals surface area contributed by atoms with E-state index in [0.29, 0.717) is 5.78 Å². The third kappa shape index (κ3) is 0.958. The fourth-order valence-electron chi connectivity index (χ4n) is 0.990. The van der Waals surface area contributed by atoms with E-state index in [2.05, 4.69) is 16.0 Å². The molecular weight excluding hydrogens is 167 g/mol. The summed E-state index contributed by atoms with van der Waals surface area (Å²) in [5, 5.41) is 0. The maximum atomic E-state index is 10.9. The van der Waals surface area contributed by atoms with Gasteiger partial charge in [0.2, 0.25) is 0 Å². The van der Waals surface area contributed by atoms with Gasteiger partial charge in [-0.1, -0.05) is 0 Å². The minimum absolute atomic E-state index is 0.111. The van der Waals surface area contributed by atoms with E-state index < -0.39 is 0 Å². The molecule has 8 heavy (non-hydrogen) atoms. The summed E-state index contributed by atoms with van der Waals surface area (Å²) in [6.45, 7) is 1.97. The third-order valence-electron chi connectivity index (χ3n) is 1.65. The normalized spacial score (nSPS) is 38.5. The van der Waals surface area contributed by atoms with Crippen molar-refractivity contribution in [3.63, 3.8) is 0 Å². The van der Waals surface area contributed by atoms with E-state index in [4.69, 9.17) is 0 Å². The predicted octanol–water partition coefficient (Wildman–Crippen LogP) is 1.09. The van der Waals surface area contributed by atoms with Crippen molar-refractivity contribution in [3.05, 3.63) is 0 Å². The number of Topliss-reactive ketones (excluding diaryl/α,β-unsaturated/α-hetero) is 1. The van der Waals surface area contributed by atoms with Crippen LogP contribution in [-0.2, 0) is 4.79 Å².